The lowest BCUT2D eigenvalue weighted by molar-refractivity contribution is 0.414. The molecule has 0 spiro atoms. The molecule has 0 saturated carbocycles. The Labute approximate surface area is 94.4 Å². The number of nitrogens with one attached hydrogen (secondary N) is 1. The van der Waals surface area contributed by atoms with Crippen LogP contribution in [-0.2, 0) is 0 Å². The standard InChI is InChI=1S/C10H15ClN4/c1-15-3-2-8(6-15)13-10-5-7(12)4-9(11)14-10/h4-5,8H,2-3,6H2,1H3,(H3,12,13,14). The van der Waals surface area contributed by atoms with Crippen molar-refractivity contribution in [1.29, 1.82) is 0 Å². The predicted octanol–water partition coefficient (Wildman–Crippen LogP) is 1.43. The topological polar surface area (TPSA) is 54.2 Å². The predicted molar refractivity (Wildman–Crippen MR) is 63.2 cm³/mol. The molecule has 82 valence electrons. The van der Waals surface area contributed by atoms with E-state index in [4.69, 9.17) is 17.3 Å². The first-order chi connectivity index (χ1) is 7.13. The largest absolute Gasteiger partial charge is 0.399 e. The van der Waals surface area contributed by atoms with Gasteiger partial charge in [0.2, 0.25) is 0 Å². The molecule has 1 saturated heterocycles. The maximum atomic E-state index is 5.82. The number of nitrogen functional groups attached to an aromatic ring is 1. The van der Waals surface area contributed by atoms with E-state index in [9.17, 15) is 0 Å². The number of nitrogens with zero attached hydrogens (tertiary/aromatic N) is 2. The second-order valence-electron chi connectivity index (χ2n) is 4.00. The van der Waals surface area contributed by atoms with Gasteiger partial charge >= 0.3 is 0 Å². The van der Waals surface area contributed by atoms with Gasteiger partial charge in [-0.1, -0.05) is 11.6 Å². The first-order valence-electron chi connectivity index (χ1n) is 5.01. The summed E-state index contributed by atoms with van der Waals surface area (Å²) in [5.74, 6) is 0.764. The zero-order valence-electron chi connectivity index (χ0n) is 8.70. The summed E-state index contributed by atoms with van der Waals surface area (Å²) in [5, 5.41) is 3.77. The Kier molecular flexibility index (Phi) is 2.98. The van der Waals surface area contributed by atoms with Gasteiger partial charge in [-0.15, -0.1) is 0 Å². The Morgan fingerprint density at radius 1 is 1.60 bits per heavy atom. The van der Waals surface area contributed by atoms with Crippen molar-refractivity contribution in [3.63, 3.8) is 0 Å². The molecular weight excluding hydrogens is 212 g/mol. The molecule has 0 radical (unpaired) electrons. The first-order valence-corrected chi connectivity index (χ1v) is 5.39. The highest BCUT2D eigenvalue weighted by Gasteiger charge is 2.19. The number of hydrogen-bond acceptors (Lipinski definition) is 4. The third-order valence-corrected chi connectivity index (χ3v) is 2.75. The minimum absolute atomic E-state index is 0.434. The van der Waals surface area contributed by atoms with Crippen LogP contribution in [0.25, 0.3) is 0 Å². The van der Waals surface area contributed by atoms with Gasteiger partial charge in [0.05, 0.1) is 0 Å². The van der Waals surface area contributed by atoms with Crippen molar-refractivity contribution in [3.05, 3.63) is 17.3 Å². The van der Waals surface area contributed by atoms with Crippen LogP contribution in [0.15, 0.2) is 12.1 Å². The number of nitrogens with two attached hydrogens (primary N) is 1. The van der Waals surface area contributed by atoms with E-state index >= 15 is 0 Å². The highest BCUT2D eigenvalue weighted by atomic mass is 35.5. The molecule has 2 heterocycles. The van der Waals surface area contributed by atoms with Crippen LogP contribution in [0.4, 0.5) is 11.5 Å². The Bertz CT molecular complexity index is 335. The monoisotopic (exact) mass is 226 g/mol. The number of likely N-dealkylation sites (tertiary alicyclic amines) is 1. The Hall–Kier alpha value is -1.00. The minimum Gasteiger partial charge on any atom is -0.399 e. The number of rotatable bonds is 2. The molecule has 4 nitrogen and oxygen atoms in total. The molecule has 0 aromatic carbocycles. The van der Waals surface area contributed by atoms with E-state index in [1.165, 1.54) is 0 Å². The summed E-state index contributed by atoms with van der Waals surface area (Å²) in [6.07, 6.45) is 1.13. The van der Waals surface area contributed by atoms with Crippen LogP contribution in [0.5, 0.6) is 0 Å². The van der Waals surface area contributed by atoms with Crippen molar-refractivity contribution in [2.45, 2.75) is 12.5 Å². The number of hydrogen-bond donors (Lipinski definition) is 2. The van der Waals surface area contributed by atoms with Crippen molar-refractivity contribution >= 4 is 23.1 Å². The lowest BCUT2D eigenvalue weighted by Crippen LogP contribution is -2.24. The quantitative estimate of drug-likeness (QED) is 0.750. The highest BCUT2D eigenvalue weighted by molar-refractivity contribution is 6.29. The van der Waals surface area contributed by atoms with Gasteiger partial charge in [-0.25, -0.2) is 4.98 Å². The fraction of sp³-hybridized carbons (Fsp3) is 0.500. The fourth-order valence-corrected chi connectivity index (χ4v) is 2.07. The summed E-state index contributed by atoms with van der Waals surface area (Å²) in [6.45, 7) is 2.15. The van der Waals surface area contributed by atoms with Gasteiger partial charge in [-0.3, -0.25) is 0 Å². The van der Waals surface area contributed by atoms with Gasteiger partial charge < -0.3 is 16.0 Å². The number of likely N-dealkylation sites (N-methyl/N-ethyl adjacent to an activating group) is 1. The van der Waals surface area contributed by atoms with Crippen molar-refractivity contribution in [2.24, 2.45) is 0 Å². The van der Waals surface area contributed by atoms with E-state index in [2.05, 4.69) is 22.2 Å². The molecule has 1 aliphatic heterocycles. The van der Waals surface area contributed by atoms with Crippen molar-refractivity contribution < 1.29 is 0 Å². The van der Waals surface area contributed by atoms with Crippen molar-refractivity contribution in [3.8, 4) is 0 Å². The zero-order chi connectivity index (χ0) is 10.8. The SMILES string of the molecule is CN1CCC(Nc2cc(N)cc(Cl)n2)C1. The van der Waals surface area contributed by atoms with Gasteiger partial charge in [0.1, 0.15) is 11.0 Å². The van der Waals surface area contributed by atoms with Crippen molar-refractivity contribution in [2.75, 3.05) is 31.2 Å². The summed E-state index contributed by atoms with van der Waals surface area (Å²) in [7, 11) is 2.11. The molecule has 1 aromatic rings. The highest BCUT2D eigenvalue weighted by Crippen LogP contribution is 2.18. The number of aromatic nitrogens is 1. The third kappa shape index (κ3) is 2.73. The fourth-order valence-electron chi connectivity index (χ4n) is 1.85. The molecule has 1 fully saturated rings. The van der Waals surface area contributed by atoms with Crippen LogP contribution in [0, 0.1) is 0 Å². The Balaban J connectivity index is 2.04. The molecule has 0 bridgehead atoms. The van der Waals surface area contributed by atoms with Crippen molar-refractivity contribution in [1.82, 2.24) is 9.88 Å². The first kappa shape index (κ1) is 10.5. The van der Waals surface area contributed by atoms with Gasteiger partial charge in [-0.2, -0.15) is 0 Å². The van der Waals surface area contributed by atoms with E-state index in [-0.39, 0.29) is 0 Å². The average Bonchev–Trinajstić information content (AvgIpc) is 2.49. The maximum absolute atomic E-state index is 5.82. The van der Waals surface area contributed by atoms with Gasteiger partial charge in [0.15, 0.2) is 0 Å². The number of halogens is 1. The van der Waals surface area contributed by atoms with Crippen LogP contribution in [0.3, 0.4) is 0 Å². The smallest absolute Gasteiger partial charge is 0.133 e. The molecule has 1 atom stereocenters. The molecule has 5 heteroatoms. The lowest BCUT2D eigenvalue weighted by Gasteiger charge is -2.13. The minimum atomic E-state index is 0.434. The third-order valence-electron chi connectivity index (χ3n) is 2.56. The molecule has 0 amide bonds. The van der Waals surface area contributed by atoms with E-state index in [1.807, 2.05) is 6.07 Å². The summed E-state index contributed by atoms with van der Waals surface area (Å²) in [5.41, 5.74) is 6.33. The summed E-state index contributed by atoms with van der Waals surface area (Å²) in [6, 6.07) is 3.90. The Morgan fingerprint density at radius 2 is 2.40 bits per heavy atom. The second-order valence-corrected chi connectivity index (χ2v) is 4.39. The van der Waals surface area contributed by atoms with Gasteiger partial charge in [0, 0.05) is 24.3 Å². The lowest BCUT2D eigenvalue weighted by atomic mass is 10.2. The van der Waals surface area contributed by atoms with Crippen LogP contribution >= 0.6 is 11.6 Å². The molecule has 2 rings (SSSR count). The summed E-state index contributed by atoms with van der Waals surface area (Å²) in [4.78, 5) is 6.46. The second kappa shape index (κ2) is 4.24. The zero-order valence-corrected chi connectivity index (χ0v) is 9.46. The molecule has 0 aliphatic carbocycles. The molecule has 1 aromatic heterocycles. The van der Waals surface area contributed by atoms with Crippen LogP contribution in [-0.4, -0.2) is 36.1 Å². The van der Waals surface area contributed by atoms with E-state index in [1.54, 1.807) is 6.07 Å². The normalized spacial score (nSPS) is 21.9. The molecule has 3 N–H and O–H groups in total. The number of anilines is 2. The van der Waals surface area contributed by atoms with Gasteiger partial charge in [-0.05, 0) is 26.1 Å². The van der Waals surface area contributed by atoms with E-state index in [0.717, 1.165) is 25.3 Å². The Morgan fingerprint density at radius 3 is 3.00 bits per heavy atom. The summed E-state index contributed by atoms with van der Waals surface area (Å²) >= 11 is 5.82. The van der Waals surface area contributed by atoms with Gasteiger partial charge in [0.25, 0.3) is 0 Å². The number of pyridine rings is 1. The molecule has 1 unspecified atom stereocenters. The van der Waals surface area contributed by atoms with Crippen LogP contribution in [0.1, 0.15) is 6.42 Å². The van der Waals surface area contributed by atoms with Crippen LogP contribution < -0.4 is 11.1 Å². The summed E-state index contributed by atoms with van der Waals surface area (Å²) < 4.78 is 0. The molecule has 15 heavy (non-hydrogen) atoms. The van der Waals surface area contributed by atoms with E-state index in [0.29, 0.717) is 16.9 Å². The molecular formula is C10H15ClN4. The average molecular weight is 227 g/mol. The molecule has 1 aliphatic rings. The van der Waals surface area contributed by atoms with Crippen LogP contribution in [0.2, 0.25) is 5.15 Å². The van der Waals surface area contributed by atoms with E-state index < -0.39 is 0 Å². The maximum Gasteiger partial charge on any atom is 0.133 e.